The van der Waals surface area contributed by atoms with Crippen molar-refractivity contribution in [2.45, 2.75) is 6.04 Å². The summed E-state index contributed by atoms with van der Waals surface area (Å²) in [5.41, 5.74) is 1.09. The van der Waals surface area contributed by atoms with Gasteiger partial charge < -0.3 is 19.9 Å². The molecule has 0 aliphatic carbocycles. The molecule has 1 saturated heterocycles. The fraction of sp³-hybridized carbons (Fsp3) is 0.538. The van der Waals surface area contributed by atoms with E-state index in [0.717, 1.165) is 43.2 Å². The molecule has 2 aliphatic rings. The van der Waals surface area contributed by atoms with Gasteiger partial charge in [0.05, 0.1) is 12.6 Å². The zero-order chi connectivity index (χ0) is 12.4. The smallest absolute Gasteiger partial charge is 0.231 e. The Bertz CT molecular complexity index is 419. The first-order valence-electron chi connectivity index (χ1n) is 6.33. The van der Waals surface area contributed by atoms with Crippen molar-refractivity contribution < 1.29 is 14.6 Å². The summed E-state index contributed by atoms with van der Waals surface area (Å²) in [6.07, 6.45) is 0. The van der Waals surface area contributed by atoms with Crippen molar-refractivity contribution in [3.63, 3.8) is 0 Å². The lowest BCUT2D eigenvalue weighted by molar-refractivity contribution is 0.110. The third-order valence-electron chi connectivity index (χ3n) is 3.55. The molecule has 3 rings (SSSR count). The molecule has 1 atom stereocenters. The van der Waals surface area contributed by atoms with Crippen molar-refractivity contribution in [1.82, 2.24) is 10.2 Å². The van der Waals surface area contributed by atoms with Gasteiger partial charge in [-0.15, -0.1) is 0 Å². The lowest BCUT2D eigenvalue weighted by Crippen LogP contribution is -2.46. The molecule has 2 aliphatic heterocycles. The van der Waals surface area contributed by atoms with Crippen LogP contribution < -0.4 is 14.8 Å². The lowest BCUT2D eigenvalue weighted by atomic mass is 10.0. The van der Waals surface area contributed by atoms with E-state index in [4.69, 9.17) is 9.47 Å². The van der Waals surface area contributed by atoms with Crippen molar-refractivity contribution in [3.05, 3.63) is 23.8 Å². The minimum atomic E-state index is 0.0431. The van der Waals surface area contributed by atoms with Crippen molar-refractivity contribution in [3.8, 4) is 11.5 Å². The minimum absolute atomic E-state index is 0.0431. The Morgan fingerprint density at radius 2 is 2.00 bits per heavy atom. The summed E-state index contributed by atoms with van der Waals surface area (Å²) in [5, 5.41) is 13.0. The van der Waals surface area contributed by atoms with E-state index in [2.05, 4.69) is 10.2 Å². The first-order valence-corrected chi connectivity index (χ1v) is 6.33. The van der Waals surface area contributed by atoms with Crippen molar-refractivity contribution >= 4 is 0 Å². The van der Waals surface area contributed by atoms with Gasteiger partial charge in [-0.25, -0.2) is 0 Å². The second-order valence-corrected chi connectivity index (χ2v) is 4.60. The van der Waals surface area contributed by atoms with Crippen LogP contribution in [-0.4, -0.2) is 49.6 Å². The van der Waals surface area contributed by atoms with E-state index >= 15 is 0 Å². The van der Waals surface area contributed by atoms with E-state index in [1.807, 2.05) is 18.2 Å². The average Bonchev–Trinajstić information content (AvgIpc) is 2.88. The summed E-state index contributed by atoms with van der Waals surface area (Å²) in [5.74, 6) is 1.57. The largest absolute Gasteiger partial charge is 0.454 e. The first kappa shape index (κ1) is 11.8. The van der Waals surface area contributed by atoms with Gasteiger partial charge in [-0.05, 0) is 17.7 Å². The van der Waals surface area contributed by atoms with Crippen LogP contribution in [0.1, 0.15) is 11.6 Å². The van der Waals surface area contributed by atoms with Crippen LogP contribution in [0.15, 0.2) is 18.2 Å². The van der Waals surface area contributed by atoms with Gasteiger partial charge in [-0.2, -0.15) is 0 Å². The average molecular weight is 250 g/mol. The quantitative estimate of drug-likeness (QED) is 0.811. The van der Waals surface area contributed by atoms with Crippen LogP contribution in [0.4, 0.5) is 0 Å². The van der Waals surface area contributed by atoms with Crippen molar-refractivity contribution in [1.29, 1.82) is 0 Å². The number of nitrogens with zero attached hydrogens (tertiary/aromatic N) is 1. The van der Waals surface area contributed by atoms with E-state index < -0.39 is 0 Å². The number of rotatable bonds is 3. The SMILES string of the molecule is OCC(c1ccc2c(c1)OCO2)N1CCNCC1. The molecule has 0 spiro atoms. The van der Waals surface area contributed by atoms with Crippen LogP contribution in [0, 0.1) is 0 Å². The molecule has 18 heavy (non-hydrogen) atoms. The summed E-state index contributed by atoms with van der Waals surface area (Å²) in [4.78, 5) is 2.30. The molecule has 0 radical (unpaired) electrons. The standard InChI is InChI=1S/C13H18N2O3/c16-8-11(15-5-3-14-4-6-15)10-1-2-12-13(7-10)18-9-17-12/h1-2,7,11,14,16H,3-6,8-9H2. The molecule has 5 heteroatoms. The van der Waals surface area contributed by atoms with Crippen LogP contribution in [0.5, 0.6) is 11.5 Å². The van der Waals surface area contributed by atoms with Crippen LogP contribution in [0.25, 0.3) is 0 Å². The first-order chi connectivity index (χ1) is 8.88. The van der Waals surface area contributed by atoms with Gasteiger partial charge in [0.1, 0.15) is 0 Å². The Kier molecular flexibility index (Phi) is 3.36. The van der Waals surface area contributed by atoms with Gasteiger partial charge >= 0.3 is 0 Å². The van der Waals surface area contributed by atoms with Gasteiger partial charge in [0, 0.05) is 26.2 Å². The predicted molar refractivity (Wildman–Crippen MR) is 66.8 cm³/mol. The Hall–Kier alpha value is -1.30. The molecule has 98 valence electrons. The number of nitrogens with one attached hydrogen (secondary N) is 1. The Balaban J connectivity index is 1.82. The third-order valence-corrected chi connectivity index (χ3v) is 3.55. The molecule has 0 amide bonds. The highest BCUT2D eigenvalue weighted by Gasteiger charge is 2.23. The number of aliphatic hydroxyl groups is 1. The van der Waals surface area contributed by atoms with Gasteiger partial charge in [-0.3, -0.25) is 4.90 Å². The lowest BCUT2D eigenvalue weighted by Gasteiger charge is -2.34. The minimum Gasteiger partial charge on any atom is -0.454 e. The number of hydrogen-bond donors (Lipinski definition) is 2. The second kappa shape index (κ2) is 5.14. The second-order valence-electron chi connectivity index (χ2n) is 4.60. The molecule has 0 aromatic heterocycles. The highest BCUT2D eigenvalue weighted by atomic mass is 16.7. The maximum atomic E-state index is 9.65. The highest BCUT2D eigenvalue weighted by molar-refractivity contribution is 5.45. The number of ether oxygens (including phenoxy) is 2. The molecular formula is C13H18N2O3. The Labute approximate surface area is 106 Å². The summed E-state index contributed by atoms with van der Waals surface area (Å²) in [6, 6.07) is 5.95. The summed E-state index contributed by atoms with van der Waals surface area (Å²) >= 11 is 0. The molecule has 5 nitrogen and oxygen atoms in total. The highest BCUT2D eigenvalue weighted by Crippen LogP contribution is 2.35. The van der Waals surface area contributed by atoms with Gasteiger partial charge in [0.2, 0.25) is 6.79 Å². The van der Waals surface area contributed by atoms with Crippen LogP contribution in [0.3, 0.4) is 0 Å². The van der Waals surface area contributed by atoms with E-state index in [1.165, 1.54) is 0 Å². The van der Waals surface area contributed by atoms with E-state index in [9.17, 15) is 5.11 Å². The van der Waals surface area contributed by atoms with E-state index in [0.29, 0.717) is 0 Å². The molecule has 1 aromatic carbocycles. The van der Waals surface area contributed by atoms with E-state index in [-0.39, 0.29) is 19.4 Å². The van der Waals surface area contributed by atoms with Gasteiger partial charge in [-0.1, -0.05) is 6.07 Å². The monoisotopic (exact) mass is 250 g/mol. The number of hydrogen-bond acceptors (Lipinski definition) is 5. The molecule has 1 unspecified atom stereocenters. The Morgan fingerprint density at radius 1 is 1.22 bits per heavy atom. The molecule has 0 bridgehead atoms. The molecule has 1 fully saturated rings. The number of fused-ring (bicyclic) bond motifs is 1. The molecule has 1 aromatic rings. The molecule has 0 saturated carbocycles. The van der Waals surface area contributed by atoms with Gasteiger partial charge in [0.15, 0.2) is 11.5 Å². The van der Waals surface area contributed by atoms with Crippen LogP contribution in [-0.2, 0) is 0 Å². The third kappa shape index (κ3) is 2.16. The maximum absolute atomic E-state index is 9.65. The van der Waals surface area contributed by atoms with Gasteiger partial charge in [0.25, 0.3) is 0 Å². The predicted octanol–water partition coefficient (Wildman–Crippen LogP) is 0.354. The number of benzene rings is 1. The maximum Gasteiger partial charge on any atom is 0.231 e. The summed E-state index contributed by atoms with van der Waals surface area (Å²) in [6.45, 7) is 4.28. The number of piperazine rings is 1. The van der Waals surface area contributed by atoms with Crippen molar-refractivity contribution in [2.24, 2.45) is 0 Å². The Morgan fingerprint density at radius 3 is 2.78 bits per heavy atom. The van der Waals surface area contributed by atoms with Crippen molar-refractivity contribution in [2.75, 3.05) is 39.6 Å². The molecular weight excluding hydrogens is 232 g/mol. The zero-order valence-electron chi connectivity index (χ0n) is 10.3. The normalized spacial score (nSPS) is 20.9. The van der Waals surface area contributed by atoms with E-state index in [1.54, 1.807) is 0 Å². The topological polar surface area (TPSA) is 54.0 Å². The fourth-order valence-corrected chi connectivity index (χ4v) is 2.55. The molecule has 2 N–H and O–H groups in total. The van der Waals surface area contributed by atoms with Crippen LogP contribution in [0.2, 0.25) is 0 Å². The van der Waals surface area contributed by atoms with Crippen LogP contribution >= 0.6 is 0 Å². The fourth-order valence-electron chi connectivity index (χ4n) is 2.55. The molecule has 2 heterocycles. The summed E-state index contributed by atoms with van der Waals surface area (Å²) in [7, 11) is 0. The zero-order valence-corrected chi connectivity index (χ0v) is 10.3. The number of aliphatic hydroxyl groups excluding tert-OH is 1. The summed E-state index contributed by atoms with van der Waals surface area (Å²) < 4.78 is 10.7.